The standard InChI is InChI=1S/C9H15N3O2/c1-12-7-8(10-11-12)6-9(13)2-4-14-5-3-9/h7,13H,2-6H2,1H3. The molecule has 5 heteroatoms. The van der Waals surface area contributed by atoms with Gasteiger partial charge in [-0.1, -0.05) is 5.21 Å². The Hall–Kier alpha value is -0.940. The molecule has 1 N–H and O–H groups in total. The fourth-order valence-corrected chi connectivity index (χ4v) is 1.74. The highest BCUT2D eigenvalue weighted by molar-refractivity contribution is 5.00. The van der Waals surface area contributed by atoms with E-state index in [0.717, 1.165) is 5.69 Å². The van der Waals surface area contributed by atoms with Crippen LogP contribution in [0.4, 0.5) is 0 Å². The van der Waals surface area contributed by atoms with Crippen molar-refractivity contribution in [3.05, 3.63) is 11.9 Å². The van der Waals surface area contributed by atoms with Crippen LogP contribution in [-0.4, -0.2) is 38.9 Å². The van der Waals surface area contributed by atoms with Crippen LogP contribution in [0.25, 0.3) is 0 Å². The lowest BCUT2D eigenvalue weighted by Crippen LogP contribution is -2.38. The van der Waals surface area contributed by atoms with Crippen molar-refractivity contribution in [3.8, 4) is 0 Å². The van der Waals surface area contributed by atoms with Crippen molar-refractivity contribution in [1.29, 1.82) is 0 Å². The van der Waals surface area contributed by atoms with E-state index in [1.807, 2.05) is 13.2 Å². The second-order valence-corrected chi connectivity index (χ2v) is 3.90. The summed E-state index contributed by atoms with van der Waals surface area (Å²) in [6, 6.07) is 0. The average Bonchev–Trinajstić information content (AvgIpc) is 2.51. The number of nitrogens with zero attached hydrogens (tertiary/aromatic N) is 3. The van der Waals surface area contributed by atoms with Gasteiger partial charge in [0.2, 0.25) is 0 Å². The number of rotatable bonds is 2. The minimum atomic E-state index is -0.645. The van der Waals surface area contributed by atoms with E-state index in [1.54, 1.807) is 4.68 Å². The van der Waals surface area contributed by atoms with E-state index in [-0.39, 0.29) is 0 Å². The van der Waals surface area contributed by atoms with Crippen molar-refractivity contribution in [2.24, 2.45) is 7.05 Å². The van der Waals surface area contributed by atoms with Crippen LogP contribution >= 0.6 is 0 Å². The molecule has 0 aliphatic carbocycles. The molecule has 1 aromatic rings. The van der Waals surface area contributed by atoms with Gasteiger partial charge < -0.3 is 9.84 Å². The van der Waals surface area contributed by atoms with Gasteiger partial charge in [-0.3, -0.25) is 4.68 Å². The van der Waals surface area contributed by atoms with E-state index in [9.17, 15) is 5.11 Å². The molecule has 0 aromatic carbocycles. The maximum absolute atomic E-state index is 10.2. The van der Waals surface area contributed by atoms with Gasteiger partial charge in [-0.2, -0.15) is 0 Å². The number of hydrogen-bond acceptors (Lipinski definition) is 4. The SMILES string of the molecule is Cn1cc(CC2(O)CCOCC2)nn1. The maximum atomic E-state index is 10.2. The smallest absolute Gasteiger partial charge is 0.0855 e. The number of aromatic nitrogens is 3. The molecule has 0 bridgehead atoms. The van der Waals surface area contributed by atoms with Crippen molar-refractivity contribution in [2.45, 2.75) is 24.9 Å². The first-order chi connectivity index (χ1) is 6.68. The number of aliphatic hydroxyl groups is 1. The van der Waals surface area contributed by atoms with E-state index in [4.69, 9.17) is 4.74 Å². The molecule has 78 valence electrons. The molecule has 0 unspecified atom stereocenters. The van der Waals surface area contributed by atoms with E-state index in [2.05, 4.69) is 10.3 Å². The van der Waals surface area contributed by atoms with Crippen LogP contribution in [-0.2, 0) is 18.2 Å². The predicted octanol–water partition coefficient (Wildman–Crippen LogP) is -0.101. The molecule has 1 aromatic heterocycles. The predicted molar refractivity (Wildman–Crippen MR) is 49.7 cm³/mol. The van der Waals surface area contributed by atoms with Crippen molar-refractivity contribution >= 4 is 0 Å². The lowest BCUT2D eigenvalue weighted by molar-refractivity contribution is -0.0630. The minimum absolute atomic E-state index is 0.574. The van der Waals surface area contributed by atoms with Crippen molar-refractivity contribution in [2.75, 3.05) is 13.2 Å². The molecule has 5 nitrogen and oxygen atoms in total. The Morgan fingerprint density at radius 3 is 2.86 bits per heavy atom. The van der Waals surface area contributed by atoms with Gasteiger partial charge in [0.25, 0.3) is 0 Å². The summed E-state index contributed by atoms with van der Waals surface area (Å²) >= 11 is 0. The molecule has 0 amide bonds. The molecule has 14 heavy (non-hydrogen) atoms. The lowest BCUT2D eigenvalue weighted by atomic mass is 9.90. The second kappa shape index (κ2) is 3.67. The van der Waals surface area contributed by atoms with Gasteiger partial charge in [-0.15, -0.1) is 5.10 Å². The van der Waals surface area contributed by atoms with Gasteiger partial charge in [-0.25, -0.2) is 0 Å². The van der Waals surface area contributed by atoms with Crippen LogP contribution in [0.1, 0.15) is 18.5 Å². The number of hydrogen-bond donors (Lipinski definition) is 1. The molecular weight excluding hydrogens is 182 g/mol. The maximum Gasteiger partial charge on any atom is 0.0855 e. The molecule has 0 radical (unpaired) electrons. The topological polar surface area (TPSA) is 60.2 Å². The Balaban J connectivity index is 2.01. The molecule has 1 saturated heterocycles. The molecule has 0 spiro atoms. The molecule has 1 aliphatic rings. The van der Waals surface area contributed by atoms with Gasteiger partial charge in [0.15, 0.2) is 0 Å². The summed E-state index contributed by atoms with van der Waals surface area (Å²) in [5.74, 6) is 0. The summed E-state index contributed by atoms with van der Waals surface area (Å²) in [5.41, 5.74) is 0.200. The zero-order valence-corrected chi connectivity index (χ0v) is 8.31. The Morgan fingerprint density at radius 2 is 2.29 bits per heavy atom. The number of ether oxygens (including phenoxy) is 1. The summed E-state index contributed by atoms with van der Waals surface area (Å²) in [6.07, 6.45) is 3.78. The first-order valence-electron chi connectivity index (χ1n) is 4.83. The summed E-state index contributed by atoms with van der Waals surface area (Å²) in [7, 11) is 1.82. The third kappa shape index (κ3) is 2.10. The third-order valence-electron chi connectivity index (χ3n) is 2.58. The normalized spacial score (nSPS) is 21.0. The van der Waals surface area contributed by atoms with Gasteiger partial charge in [-0.05, 0) is 12.8 Å². The third-order valence-corrected chi connectivity index (χ3v) is 2.58. The van der Waals surface area contributed by atoms with Crippen LogP contribution < -0.4 is 0 Å². The lowest BCUT2D eigenvalue weighted by Gasteiger charge is -2.31. The quantitative estimate of drug-likeness (QED) is 0.719. The monoisotopic (exact) mass is 197 g/mol. The van der Waals surface area contributed by atoms with Crippen LogP contribution in [0.2, 0.25) is 0 Å². The summed E-state index contributed by atoms with van der Waals surface area (Å²) in [5, 5.41) is 18.0. The Bertz CT molecular complexity index is 305. The van der Waals surface area contributed by atoms with Crippen LogP contribution in [0, 0.1) is 0 Å². The second-order valence-electron chi connectivity index (χ2n) is 3.90. The first-order valence-corrected chi connectivity index (χ1v) is 4.83. The Kier molecular flexibility index (Phi) is 2.52. The van der Waals surface area contributed by atoms with Crippen molar-refractivity contribution in [1.82, 2.24) is 15.0 Å². The molecule has 0 atom stereocenters. The highest BCUT2D eigenvalue weighted by Crippen LogP contribution is 2.23. The van der Waals surface area contributed by atoms with Crippen LogP contribution in [0.5, 0.6) is 0 Å². The molecule has 1 aliphatic heterocycles. The zero-order chi connectivity index (χ0) is 10.0. The molecule has 2 rings (SSSR count). The molecule has 2 heterocycles. The van der Waals surface area contributed by atoms with E-state index in [1.165, 1.54) is 0 Å². The van der Waals surface area contributed by atoms with E-state index in [0.29, 0.717) is 32.5 Å². The van der Waals surface area contributed by atoms with Gasteiger partial charge >= 0.3 is 0 Å². The zero-order valence-electron chi connectivity index (χ0n) is 8.31. The van der Waals surface area contributed by atoms with Gasteiger partial charge in [0.1, 0.15) is 0 Å². The largest absolute Gasteiger partial charge is 0.389 e. The fourth-order valence-electron chi connectivity index (χ4n) is 1.74. The van der Waals surface area contributed by atoms with E-state index < -0.39 is 5.60 Å². The van der Waals surface area contributed by atoms with Crippen molar-refractivity contribution in [3.63, 3.8) is 0 Å². The summed E-state index contributed by atoms with van der Waals surface area (Å²) < 4.78 is 6.86. The van der Waals surface area contributed by atoms with Crippen molar-refractivity contribution < 1.29 is 9.84 Å². The van der Waals surface area contributed by atoms with E-state index >= 15 is 0 Å². The highest BCUT2D eigenvalue weighted by Gasteiger charge is 2.30. The fraction of sp³-hybridized carbons (Fsp3) is 0.778. The average molecular weight is 197 g/mol. The Morgan fingerprint density at radius 1 is 1.57 bits per heavy atom. The molecular formula is C9H15N3O2. The minimum Gasteiger partial charge on any atom is -0.389 e. The summed E-state index contributed by atoms with van der Waals surface area (Å²) in [6.45, 7) is 1.27. The first kappa shape index (κ1) is 9.61. The number of aryl methyl sites for hydroxylation is 1. The summed E-state index contributed by atoms with van der Waals surface area (Å²) in [4.78, 5) is 0. The Labute approximate surface area is 82.7 Å². The molecule has 0 saturated carbocycles. The van der Waals surface area contributed by atoms with Gasteiger partial charge in [0.05, 0.1) is 11.3 Å². The van der Waals surface area contributed by atoms with Crippen LogP contribution in [0.15, 0.2) is 6.20 Å². The van der Waals surface area contributed by atoms with Gasteiger partial charge in [0, 0.05) is 32.9 Å². The highest BCUT2D eigenvalue weighted by atomic mass is 16.5. The molecule has 1 fully saturated rings. The van der Waals surface area contributed by atoms with Crippen LogP contribution in [0.3, 0.4) is 0 Å².